The Bertz CT molecular complexity index is 1460. The molecular weight excluding hydrogens is 597 g/mol. The van der Waals surface area contributed by atoms with Crippen LogP contribution < -0.4 is 10.6 Å². The molecule has 0 radical (unpaired) electrons. The maximum atomic E-state index is 15.5. The topological polar surface area (TPSA) is 125 Å². The number of nitrogens with one attached hydrogen (secondary N) is 2. The highest BCUT2D eigenvalue weighted by Crippen LogP contribution is 2.34. The van der Waals surface area contributed by atoms with Gasteiger partial charge in [-0.15, -0.1) is 0 Å². The first-order chi connectivity index (χ1) is 21.4. The summed E-state index contributed by atoms with van der Waals surface area (Å²) in [5.41, 5.74) is 2.72. The molecule has 1 atom stereocenters. The number of halogens is 1. The Kier molecular flexibility index (Phi) is 11.8. The number of rotatable bonds is 14. The summed E-state index contributed by atoms with van der Waals surface area (Å²) in [7, 11) is 0.922. The zero-order chi connectivity index (χ0) is 32.7. The molecular formula is C32H48FN7O4S. The average Bonchev–Trinajstić information content (AvgIpc) is 3.56. The molecule has 1 fully saturated rings. The van der Waals surface area contributed by atoms with E-state index in [0.29, 0.717) is 48.2 Å². The number of anilines is 1. The molecule has 1 saturated carbocycles. The number of aryl methyl sites for hydroxylation is 1. The molecule has 1 aliphatic carbocycles. The molecule has 3 aromatic rings. The quantitative estimate of drug-likeness (QED) is 0.191. The van der Waals surface area contributed by atoms with Crippen LogP contribution in [0.4, 0.5) is 10.2 Å². The van der Waals surface area contributed by atoms with Gasteiger partial charge in [-0.3, -0.25) is 14.3 Å². The number of carbonyl (C=O) groups is 2. The number of methoxy groups -OCH3 is 1. The van der Waals surface area contributed by atoms with Gasteiger partial charge in [0.05, 0.1) is 25.5 Å². The van der Waals surface area contributed by atoms with E-state index in [1.807, 2.05) is 13.8 Å². The number of amides is 2. The van der Waals surface area contributed by atoms with E-state index in [0.717, 1.165) is 37.1 Å². The van der Waals surface area contributed by atoms with Crippen molar-refractivity contribution in [1.29, 1.82) is 0 Å². The molecule has 2 amide bonds. The first-order valence-corrected chi connectivity index (χ1v) is 18.5. The van der Waals surface area contributed by atoms with Crippen LogP contribution in [0.2, 0.25) is 0 Å². The summed E-state index contributed by atoms with van der Waals surface area (Å²) in [6.07, 6.45) is 11.8. The van der Waals surface area contributed by atoms with E-state index < -0.39 is 33.8 Å². The Hall–Kier alpha value is -3.29. The fraction of sp³-hybridized carbons (Fsp3) is 0.594. The molecule has 45 heavy (non-hydrogen) atoms. The molecule has 3 aromatic heterocycles. The summed E-state index contributed by atoms with van der Waals surface area (Å²) in [5.74, 6) is 0.0207. The average molecular weight is 646 g/mol. The highest BCUT2D eigenvalue weighted by Gasteiger charge is 2.33. The van der Waals surface area contributed by atoms with Crippen LogP contribution in [0.5, 0.6) is 0 Å². The van der Waals surface area contributed by atoms with Crippen molar-refractivity contribution < 1.29 is 23.5 Å². The summed E-state index contributed by atoms with van der Waals surface area (Å²) >= 11 is 0. The fourth-order valence-electron chi connectivity index (χ4n) is 5.68. The second kappa shape index (κ2) is 15.3. The lowest BCUT2D eigenvalue weighted by molar-refractivity contribution is -0.119. The lowest BCUT2D eigenvalue weighted by atomic mass is 9.79. The summed E-state index contributed by atoms with van der Waals surface area (Å²) in [6.45, 7) is 7.62. The number of aromatic nitrogens is 5. The van der Waals surface area contributed by atoms with Crippen LogP contribution in [0.15, 0.2) is 24.4 Å². The van der Waals surface area contributed by atoms with Crippen LogP contribution in [0.3, 0.4) is 0 Å². The van der Waals surface area contributed by atoms with Crippen molar-refractivity contribution in [2.45, 2.75) is 65.8 Å². The summed E-state index contributed by atoms with van der Waals surface area (Å²) in [4.78, 5) is 31.1. The maximum absolute atomic E-state index is 15.5. The molecule has 0 saturated heterocycles. The van der Waals surface area contributed by atoms with Crippen LogP contribution in [0.25, 0.3) is 11.1 Å². The lowest BCUT2D eigenvalue weighted by Crippen LogP contribution is -2.49. The molecule has 4 rings (SSSR count). The number of ether oxygens (including phenoxy) is 2. The minimum Gasteiger partial charge on any atom is -0.383 e. The second-order valence-electron chi connectivity index (χ2n) is 12.8. The zero-order valence-electron chi connectivity index (χ0n) is 27.6. The van der Waals surface area contributed by atoms with Crippen molar-refractivity contribution in [3.8, 4) is 11.1 Å². The van der Waals surface area contributed by atoms with Gasteiger partial charge < -0.3 is 20.1 Å². The van der Waals surface area contributed by atoms with E-state index in [2.05, 4.69) is 51.5 Å². The molecule has 11 nitrogen and oxygen atoms in total. The van der Waals surface area contributed by atoms with E-state index in [1.165, 1.54) is 0 Å². The second-order valence-corrected chi connectivity index (χ2v) is 17.4. The van der Waals surface area contributed by atoms with Gasteiger partial charge in [0.15, 0.2) is 0 Å². The van der Waals surface area contributed by atoms with E-state index >= 15 is 4.39 Å². The molecule has 0 aliphatic heterocycles. The predicted molar refractivity (Wildman–Crippen MR) is 176 cm³/mol. The smallest absolute Gasteiger partial charge is 0.270 e. The van der Waals surface area contributed by atoms with Crippen LogP contribution in [-0.4, -0.2) is 87.2 Å². The third-order valence-electron chi connectivity index (χ3n) is 8.36. The van der Waals surface area contributed by atoms with Gasteiger partial charge in [0.2, 0.25) is 11.9 Å². The van der Waals surface area contributed by atoms with Crippen LogP contribution in [0, 0.1) is 31.6 Å². The Morgan fingerprint density at radius 1 is 1.09 bits per heavy atom. The molecule has 3 heterocycles. The first-order valence-electron chi connectivity index (χ1n) is 15.4. The van der Waals surface area contributed by atoms with Crippen molar-refractivity contribution in [2.24, 2.45) is 11.8 Å². The van der Waals surface area contributed by atoms with Crippen LogP contribution in [0.1, 0.15) is 54.5 Å². The standard InChI is InChI=1S/C32H48FN7O4S/c1-21-8-10-24(11-9-21)29(37-31(41)26-14-15-34-39(26)16-17-43-4)32(42)36-27-13-12-25(30(33)35-27)28-22(2)38-40(23(28)3)20-44-18-19-45(5,6)7/h12-15,21,24,29H,8-11,16-20H2,1-7H3,(H,37,41)(H,35,36,42)/t21-,24-,29-/m0/s1. The number of pyridine rings is 1. The van der Waals surface area contributed by atoms with Crippen molar-refractivity contribution >= 4 is 27.7 Å². The third kappa shape index (κ3) is 9.14. The van der Waals surface area contributed by atoms with Gasteiger partial charge >= 0.3 is 0 Å². The first kappa shape index (κ1) is 34.6. The highest BCUT2D eigenvalue weighted by atomic mass is 32.3. The largest absolute Gasteiger partial charge is 0.383 e. The van der Waals surface area contributed by atoms with Crippen LogP contribution >= 0.6 is 10.0 Å². The number of hydrogen-bond acceptors (Lipinski definition) is 7. The van der Waals surface area contributed by atoms with Crippen molar-refractivity contribution in [3.63, 3.8) is 0 Å². The molecule has 0 spiro atoms. The van der Waals surface area contributed by atoms with E-state index in [1.54, 1.807) is 40.9 Å². The molecule has 1 aliphatic rings. The molecule has 248 valence electrons. The molecule has 0 unspecified atom stereocenters. The van der Waals surface area contributed by atoms with Crippen LogP contribution in [-0.2, 0) is 27.5 Å². The van der Waals surface area contributed by atoms with Crippen molar-refractivity contribution in [2.75, 3.05) is 50.2 Å². The van der Waals surface area contributed by atoms with Gasteiger partial charge in [-0.05, 0) is 75.5 Å². The Labute approximate surface area is 267 Å². The van der Waals surface area contributed by atoms with E-state index in [9.17, 15) is 9.59 Å². The summed E-state index contributed by atoms with van der Waals surface area (Å²) in [5, 5.41) is 14.5. The minimum absolute atomic E-state index is 0.0622. The molecule has 0 aromatic carbocycles. The normalized spacial score (nSPS) is 18.0. The predicted octanol–water partition coefficient (Wildman–Crippen LogP) is 4.78. The molecule has 0 bridgehead atoms. The molecule has 13 heteroatoms. The third-order valence-corrected chi connectivity index (χ3v) is 9.75. The minimum atomic E-state index is -0.817. The zero-order valence-corrected chi connectivity index (χ0v) is 28.4. The Morgan fingerprint density at radius 3 is 2.49 bits per heavy atom. The van der Waals surface area contributed by atoms with E-state index in [4.69, 9.17) is 9.47 Å². The maximum Gasteiger partial charge on any atom is 0.270 e. The van der Waals surface area contributed by atoms with Crippen molar-refractivity contribution in [3.05, 3.63) is 47.4 Å². The monoisotopic (exact) mass is 645 g/mol. The van der Waals surface area contributed by atoms with Gasteiger partial charge in [0.25, 0.3) is 5.91 Å². The van der Waals surface area contributed by atoms with Gasteiger partial charge in [-0.1, -0.05) is 19.8 Å². The Morgan fingerprint density at radius 2 is 1.82 bits per heavy atom. The van der Waals surface area contributed by atoms with Crippen molar-refractivity contribution in [1.82, 2.24) is 29.9 Å². The van der Waals surface area contributed by atoms with Gasteiger partial charge in [-0.2, -0.15) is 14.6 Å². The Balaban J connectivity index is 1.49. The van der Waals surface area contributed by atoms with Gasteiger partial charge in [0, 0.05) is 35.9 Å². The number of carbonyl (C=O) groups excluding carboxylic acids is 2. The lowest BCUT2D eigenvalue weighted by Gasteiger charge is -2.32. The summed E-state index contributed by atoms with van der Waals surface area (Å²) < 4.78 is 29.8. The number of nitrogens with zero attached hydrogens (tertiary/aromatic N) is 5. The highest BCUT2D eigenvalue weighted by molar-refractivity contribution is 8.32. The fourth-order valence-corrected chi connectivity index (χ4v) is 6.30. The van der Waals surface area contributed by atoms with Gasteiger partial charge in [0.1, 0.15) is 24.3 Å². The SMILES string of the molecule is COCCn1nccc1C(=O)N[C@H](C(=O)Nc1ccc(-c2c(C)nn(COCCS(C)(C)C)c2C)c(F)n1)[C@H]1CC[C@H](C)CC1. The van der Waals surface area contributed by atoms with Gasteiger partial charge in [-0.25, -0.2) is 19.7 Å². The molecule has 2 N–H and O–H groups in total. The number of hydrogen-bond donors (Lipinski definition) is 2. The van der Waals surface area contributed by atoms with E-state index in [-0.39, 0.29) is 18.5 Å². The summed E-state index contributed by atoms with van der Waals surface area (Å²) in [6, 6.07) is 3.98.